The number of anilines is 1. The highest BCUT2D eigenvalue weighted by atomic mass is 16.2. The van der Waals surface area contributed by atoms with Crippen molar-refractivity contribution in [2.45, 2.75) is 13.3 Å². The van der Waals surface area contributed by atoms with E-state index in [9.17, 15) is 4.79 Å². The molecule has 0 bridgehead atoms. The number of rotatable bonds is 6. The Hall–Kier alpha value is -2.30. The molecule has 2 rings (SSSR count). The van der Waals surface area contributed by atoms with Gasteiger partial charge in [0.2, 0.25) is 0 Å². The molecule has 20 heavy (non-hydrogen) atoms. The second-order valence-electron chi connectivity index (χ2n) is 4.47. The summed E-state index contributed by atoms with van der Waals surface area (Å²) in [4.78, 5) is 17.8. The van der Waals surface area contributed by atoms with E-state index >= 15 is 0 Å². The van der Waals surface area contributed by atoms with E-state index in [0.29, 0.717) is 6.54 Å². The van der Waals surface area contributed by atoms with E-state index in [0.717, 1.165) is 19.5 Å². The molecule has 0 radical (unpaired) electrons. The van der Waals surface area contributed by atoms with Crippen LogP contribution in [0.2, 0.25) is 0 Å². The Kier molecular flexibility index (Phi) is 5.17. The molecule has 0 aliphatic rings. The van der Waals surface area contributed by atoms with Crippen LogP contribution < -0.4 is 10.2 Å². The van der Waals surface area contributed by atoms with Gasteiger partial charge in [0.15, 0.2) is 0 Å². The van der Waals surface area contributed by atoms with Gasteiger partial charge in [-0.05, 0) is 25.5 Å². The molecule has 1 heterocycles. The summed E-state index contributed by atoms with van der Waals surface area (Å²) in [7, 11) is 0. The number of benzene rings is 1. The first-order chi connectivity index (χ1) is 9.81. The van der Waals surface area contributed by atoms with Crippen LogP contribution in [0.25, 0.3) is 0 Å². The topological polar surface area (TPSA) is 50.2 Å². The molecule has 1 aromatic heterocycles. The number of amides is 1. The van der Waals surface area contributed by atoms with Crippen LogP contribution >= 0.6 is 0 Å². The number of carbonyl (C=O) groups is 1. The highest BCUT2D eigenvalue weighted by Crippen LogP contribution is 2.12. The second-order valence-corrected chi connectivity index (χ2v) is 4.47. The van der Waals surface area contributed by atoms with Gasteiger partial charge >= 0.3 is 6.03 Å². The number of nitrogens with zero attached hydrogens (tertiary/aromatic N) is 3. The zero-order chi connectivity index (χ0) is 14.2. The minimum atomic E-state index is -0.134. The zero-order valence-corrected chi connectivity index (χ0v) is 11.7. The average molecular weight is 272 g/mol. The summed E-state index contributed by atoms with van der Waals surface area (Å²) in [5.41, 5.74) is 1.22. The summed E-state index contributed by atoms with van der Waals surface area (Å²) < 4.78 is 1.44. The van der Waals surface area contributed by atoms with Crippen molar-refractivity contribution in [2.75, 3.05) is 24.5 Å². The van der Waals surface area contributed by atoms with E-state index in [1.807, 2.05) is 18.2 Å². The highest BCUT2D eigenvalue weighted by molar-refractivity contribution is 5.76. The molecule has 0 unspecified atom stereocenters. The molecule has 2 aromatic rings. The Morgan fingerprint density at radius 1 is 1.35 bits per heavy atom. The lowest BCUT2D eigenvalue weighted by Crippen LogP contribution is -2.31. The minimum absolute atomic E-state index is 0.134. The molecule has 0 atom stereocenters. The Morgan fingerprint density at radius 3 is 2.80 bits per heavy atom. The van der Waals surface area contributed by atoms with E-state index in [1.165, 1.54) is 16.6 Å². The van der Waals surface area contributed by atoms with Gasteiger partial charge in [-0.25, -0.2) is 9.78 Å². The number of imidazole rings is 1. The largest absolute Gasteiger partial charge is 0.372 e. The van der Waals surface area contributed by atoms with Gasteiger partial charge in [0.1, 0.15) is 6.33 Å². The van der Waals surface area contributed by atoms with Gasteiger partial charge in [0.25, 0.3) is 0 Å². The number of hydrogen-bond acceptors (Lipinski definition) is 3. The number of aromatic nitrogens is 2. The van der Waals surface area contributed by atoms with Crippen LogP contribution in [0.15, 0.2) is 49.1 Å². The molecule has 5 heteroatoms. The highest BCUT2D eigenvalue weighted by Gasteiger charge is 2.05. The molecule has 0 fully saturated rings. The maximum atomic E-state index is 11.7. The van der Waals surface area contributed by atoms with Crippen LogP contribution in [0.3, 0.4) is 0 Å². The van der Waals surface area contributed by atoms with E-state index in [1.54, 1.807) is 12.4 Å². The maximum Gasteiger partial charge on any atom is 0.326 e. The van der Waals surface area contributed by atoms with Crippen LogP contribution in [0.1, 0.15) is 13.3 Å². The quantitative estimate of drug-likeness (QED) is 0.821. The van der Waals surface area contributed by atoms with Gasteiger partial charge in [-0.1, -0.05) is 18.2 Å². The fraction of sp³-hybridized carbons (Fsp3) is 0.333. The molecule has 0 aliphatic carbocycles. The van der Waals surface area contributed by atoms with Gasteiger partial charge in [0.05, 0.1) is 0 Å². The lowest BCUT2D eigenvalue weighted by atomic mass is 10.2. The van der Waals surface area contributed by atoms with Crippen LogP contribution in [-0.4, -0.2) is 35.2 Å². The summed E-state index contributed by atoms with van der Waals surface area (Å²) in [5, 5.41) is 2.87. The maximum absolute atomic E-state index is 11.7. The van der Waals surface area contributed by atoms with Gasteiger partial charge in [0, 0.05) is 37.7 Å². The Morgan fingerprint density at radius 2 is 2.15 bits per heavy atom. The number of para-hydroxylation sites is 1. The molecule has 5 nitrogen and oxygen atoms in total. The third kappa shape index (κ3) is 3.85. The van der Waals surface area contributed by atoms with E-state index in [2.05, 4.69) is 34.3 Å². The Labute approximate surface area is 119 Å². The molecule has 1 amide bonds. The van der Waals surface area contributed by atoms with Crippen molar-refractivity contribution in [3.8, 4) is 0 Å². The normalized spacial score (nSPS) is 10.2. The van der Waals surface area contributed by atoms with Gasteiger partial charge < -0.3 is 10.2 Å². The molecule has 1 aromatic carbocycles. The van der Waals surface area contributed by atoms with Gasteiger partial charge in [-0.2, -0.15) is 0 Å². The van der Waals surface area contributed by atoms with Crippen LogP contribution in [-0.2, 0) is 0 Å². The van der Waals surface area contributed by atoms with Crippen molar-refractivity contribution in [2.24, 2.45) is 0 Å². The summed E-state index contributed by atoms with van der Waals surface area (Å²) >= 11 is 0. The zero-order valence-electron chi connectivity index (χ0n) is 11.7. The standard InChI is InChI=1S/C15H20N4O/c1-2-18(14-7-4-3-5-8-14)11-6-9-17-15(20)19-12-10-16-13-19/h3-5,7-8,10,12-13H,2,6,9,11H2,1H3,(H,17,20). The summed E-state index contributed by atoms with van der Waals surface area (Å²) in [6.07, 6.45) is 5.63. The monoisotopic (exact) mass is 272 g/mol. The lowest BCUT2D eigenvalue weighted by Gasteiger charge is -2.23. The molecular formula is C15H20N4O. The van der Waals surface area contributed by atoms with Gasteiger partial charge in [-0.15, -0.1) is 0 Å². The predicted octanol–water partition coefficient (Wildman–Crippen LogP) is 2.36. The summed E-state index contributed by atoms with van der Waals surface area (Å²) in [5.74, 6) is 0. The van der Waals surface area contributed by atoms with Crippen molar-refractivity contribution in [1.82, 2.24) is 14.9 Å². The molecule has 0 spiro atoms. The summed E-state index contributed by atoms with van der Waals surface area (Å²) in [6.45, 7) is 4.67. The third-order valence-electron chi connectivity index (χ3n) is 3.12. The lowest BCUT2D eigenvalue weighted by molar-refractivity contribution is 0.242. The van der Waals surface area contributed by atoms with E-state index < -0.39 is 0 Å². The van der Waals surface area contributed by atoms with Crippen LogP contribution in [0.4, 0.5) is 10.5 Å². The van der Waals surface area contributed by atoms with Crippen LogP contribution in [0, 0.1) is 0 Å². The van der Waals surface area contributed by atoms with Crippen LogP contribution in [0.5, 0.6) is 0 Å². The second kappa shape index (κ2) is 7.33. The average Bonchev–Trinajstić information content (AvgIpc) is 3.02. The number of hydrogen-bond donors (Lipinski definition) is 1. The summed E-state index contributed by atoms with van der Waals surface area (Å²) in [6, 6.07) is 10.2. The molecule has 1 N–H and O–H groups in total. The first-order valence-electron chi connectivity index (χ1n) is 6.87. The fourth-order valence-electron chi connectivity index (χ4n) is 2.04. The Balaban J connectivity index is 1.73. The van der Waals surface area contributed by atoms with Crippen molar-refractivity contribution < 1.29 is 4.79 Å². The fourth-order valence-corrected chi connectivity index (χ4v) is 2.04. The first-order valence-corrected chi connectivity index (χ1v) is 6.87. The van der Waals surface area contributed by atoms with Crippen molar-refractivity contribution in [3.63, 3.8) is 0 Å². The molecule has 0 aliphatic heterocycles. The molecule has 0 saturated carbocycles. The van der Waals surface area contributed by atoms with Gasteiger partial charge in [-0.3, -0.25) is 4.57 Å². The molecule has 0 saturated heterocycles. The third-order valence-corrected chi connectivity index (χ3v) is 3.12. The number of nitrogens with one attached hydrogen (secondary N) is 1. The van der Waals surface area contributed by atoms with Crippen molar-refractivity contribution >= 4 is 11.7 Å². The first kappa shape index (κ1) is 14.1. The number of carbonyl (C=O) groups excluding carboxylic acids is 1. The van der Waals surface area contributed by atoms with Crippen molar-refractivity contribution in [3.05, 3.63) is 49.1 Å². The Bertz CT molecular complexity index is 510. The SMILES string of the molecule is CCN(CCCNC(=O)n1ccnc1)c1ccccc1. The smallest absolute Gasteiger partial charge is 0.326 e. The van der Waals surface area contributed by atoms with Crippen molar-refractivity contribution in [1.29, 1.82) is 0 Å². The minimum Gasteiger partial charge on any atom is -0.372 e. The van der Waals surface area contributed by atoms with E-state index in [4.69, 9.17) is 0 Å². The molecular weight excluding hydrogens is 252 g/mol. The predicted molar refractivity (Wildman–Crippen MR) is 80.0 cm³/mol. The molecule has 106 valence electrons. The van der Waals surface area contributed by atoms with E-state index in [-0.39, 0.29) is 6.03 Å².